The molecular formula is C34H42O6. The molecule has 0 unspecified atom stereocenters. The number of hydrogen-bond acceptors (Lipinski definition) is 6. The Hall–Kier alpha value is -3.74. The molecule has 0 fully saturated rings. The molecule has 0 atom stereocenters. The fourth-order valence-electron chi connectivity index (χ4n) is 4.43. The van der Waals surface area contributed by atoms with E-state index in [9.17, 15) is 30.6 Å². The summed E-state index contributed by atoms with van der Waals surface area (Å²) < 4.78 is 0. The largest absolute Gasteiger partial charge is 0.508 e. The summed E-state index contributed by atoms with van der Waals surface area (Å²) in [5, 5.41) is 62.4. The minimum atomic E-state index is -0.206. The van der Waals surface area contributed by atoms with Crippen LogP contribution in [0.1, 0.15) is 64.5 Å². The first-order chi connectivity index (χ1) is 18.9. The van der Waals surface area contributed by atoms with Gasteiger partial charge in [-0.25, -0.2) is 0 Å². The second-order valence-electron chi connectivity index (χ2n) is 11.9. The van der Waals surface area contributed by atoms with E-state index < -0.39 is 0 Å². The molecule has 0 saturated heterocycles. The first-order valence-electron chi connectivity index (χ1n) is 13.6. The zero-order valence-electron chi connectivity index (χ0n) is 23.9. The summed E-state index contributed by atoms with van der Waals surface area (Å²) in [6.07, 6.45) is 10.2. The molecule has 0 aliphatic heterocycles. The van der Waals surface area contributed by atoms with Crippen molar-refractivity contribution in [1.29, 1.82) is 0 Å². The van der Waals surface area contributed by atoms with E-state index in [1.54, 1.807) is 36.4 Å². The summed E-state index contributed by atoms with van der Waals surface area (Å²) in [5.74, 6) is -0.0802. The van der Waals surface area contributed by atoms with Gasteiger partial charge in [-0.05, 0) is 71.9 Å². The lowest BCUT2D eigenvalue weighted by Gasteiger charge is -2.20. The lowest BCUT2D eigenvalue weighted by atomic mass is 9.88. The Morgan fingerprint density at radius 3 is 1.30 bits per heavy atom. The van der Waals surface area contributed by atoms with Gasteiger partial charge in [-0.3, -0.25) is 0 Å². The van der Waals surface area contributed by atoms with Crippen LogP contribution in [0.3, 0.4) is 0 Å². The molecule has 6 heteroatoms. The maximum Gasteiger partial charge on any atom is 0.130 e. The minimum Gasteiger partial charge on any atom is -0.508 e. The molecule has 0 spiro atoms. The number of rotatable bonds is 12. The number of phenols is 4. The van der Waals surface area contributed by atoms with Crippen molar-refractivity contribution in [2.24, 2.45) is 10.8 Å². The third-order valence-corrected chi connectivity index (χ3v) is 7.18. The highest BCUT2D eigenvalue weighted by molar-refractivity contribution is 5.91. The number of hydrogen-bond donors (Lipinski definition) is 6. The normalized spacial score (nSPS) is 12.6. The van der Waals surface area contributed by atoms with Gasteiger partial charge in [-0.1, -0.05) is 76.3 Å². The maximum atomic E-state index is 11.2. The van der Waals surface area contributed by atoms with Crippen LogP contribution in [0, 0.1) is 10.8 Å². The predicted molar refractivity (Wildman–Crippen MR) is 162 cm³/mol. The smallest absolute Gasteiger partial charge is 0.130 e. The molecule has 6 nitrogen and oxygen atoms in total. The van der Waals surface area contributed by atoms with Crippen LogP contribution < -0.4 is 0 Å². The number of allylic oxidation sites excluding steroid dienone is 2. The molecule has 3 aromatic rings. The van der Waals surface area contributed by atoms with E-state index in [-0.39, 0.29) is 47.0 Å². The molecule has 0 saturated carbocycles. The Balaban J connectivity index is 2.00. The van der Waals surface area contributed by atoms with Crippen molar-refractivity contribution in [2.75, 3.05) is 13.2 Å². The van der Waals surface area contributed by atoms with Gasteiger partial charge in [0, 0.05) is 35.5 Å². The molecule has 0 aromatic heterocycles. The number of aliphatic hydroxyl groups excluding tert-OH is 2. The van der Waals surface area contributed by atoms with Crippen molar-refractivity contribution in [1.82, 2.24) is 0 Å². The van der Waals surface area contributed by atoms with Gasteiger partial charge in [-0.2, -0.15) is 0 Å². The summed E-state index contributed by atoms with van der Waals surface area (Å²) in [6.45, 7) is 8.10. The first kappa shape index (κ1) is 30.8. The molecule has 0 aliphatic rings. The summed E-state index contributed by atoms with van der Waals surface area (Å²) in [6, 6.07) is 13.1. The zero-order valence-corrected chi connectivity index (χ0v) is 23.9. The van der Waals surface area contributed by atoms with E-state index in [2.05, 4.69) is 0 Å². The summed E-state index contributed by atoms with van der Waals surface area (Å²) in [5.41, 5.74) is 2.40. The lowest BCUT2D eigenvalue weighted by molar-refractivity contribution is 0.151. The van der Waals surface area contributed by atoms with Crippen LogP contribution in [0.25, 0.3) is 34.4 Å². The quantitative estimate of drug-likeness (QED) is 0.131. The number of benzene rings is 3. The molecule has 0 bridgehead atoms. The molecule has 0 radical (unpaired) electrons. The van der Waals surface area contributed by atoms with Gasteiger partial charge in [-0.15, -0.1) is 0 Å². The molecule has 6 N–H and O–H groups in total. The van der Waals surface area contributed by atoms with Crippen molar-refractivity contribution < 1.29 is 30.6 Å². The van der Waals surface area contributed by atoms with Crippen molar-refractivity contribution in [3.63, 3.8) is 0 Å². The van der Waals surface area contributed by atoms with Crippen LogP contribution >= 0.6 is 0 Å². The molecule has 0 heterocycles. The van der Waals surface area contributed by atoms with Crippen LogP contribution in [0.5, 0.6) is 23.0 Å². The van der Waals surface area contributed by atoms with Gasteiger partial charge >= 0.3 is 0 Å². The van der Waals surface area contributed by atoms with Gasteiger partial charge in [0.05, 0.1) is 0 Å². The lowest BCUT2D eigenvalue weighted by Crippen LogP contribution is -2.15. The number of aromatic hydroxyl groups is 4. The van der Waals surface area contributed by atoms with Gasteiger partial charge in [0.25, 0.3) is 0 Å². The Morgan fingerprint density at radius 2 is 0.950 bits per heavy atom. The highest BCUT2D eigenvalue weighted by Gasteiger charge is 2.19. The SMILES string of the molecule is CC(C)(CO)CCC=Cc1cc(O)cc(-c2ccccc2-c2cc(O)cc(C=CCCC(C)(C)CO)c2O)c1O. The van der Waals surface area contributed by atoms with Crippen molar-refractivity contribution in [3.8, 4) is 45.3 Å². The average Bonchev–Trinajstić information content (AvgIpc) is 2.92. The van der Waals surface area contributed by atoms with E-state index in [0.29, 0.717) is 46.2 Å². The highest BCUT2D eigenvalue weighted by atomic mass is 16.3. The molecule has 3 rings (SSSR count). The van der Waals surface area contributed by atoms with Gasteiger partial charge in [0.15, 0.2) is 0 Å². The molecule has 0 amide bonds. The standard InChI is InChI=1S/C34H42O6/c1-33(2,21-35)15-9-7-11-23-17-25(37)19-29(31(23)39)27-13-5-6-14-28(27)30-20-26(38)18-24(32(30)40)12-8-10-16-34(3,4)22-36/h5-8,11-14,17-20,35-40H,9-10,15-16,21-22H2,1-4H3. The highest BCUT2D eigenvalue weighted by Crippen LogP contribution is 2.45. The Labute approximate surface area is 237 Å². The van der Waals surface area contributed by atoms with Gasteiger partial charge < -0.3 is 30.6 Å². The van der Waals surface area contributed by atoms with E-state index >= 15 is 0 Å². The third kappa shape index (κ3) is 7.90. The Morgan fingerprint density at radius 1 is 0.575 bits per heavy atom. The summed E-state index contributed by atoms with van der Waals surface area (Å²) in [7, 11) is 0. The van der Waals surface area contributed by atoms with Crippen LogP contribution in [0.15, 0.2) is 60.7 Å². The summed E-state index contributed by atoms with van der Waals surface area (Å²) in [4.78, 5) is 0. The van der Waals surface area contributed by atoms with Crippen LogP contribution in [0.2, 0.25) is 0 Å². The van der Waals surface area contributed by atoms with E-state index in [1.807, 2.05) is 39.8 Å². The molecular weight excluding hydrogens is 504 g/mol. The maximum absolute atomic E-state index is 11.2. The van der Waals surface area contributed by atoms with E-state index in [0.717, 1.165) is 12.8 Å². The van der Waals surface area contributed by atoms with Gasteiger partial charge in [0.2, 0.25) is 0 Å². The molecule has 214 valence electrons. The number of aliphatic hydroxyl groups is 2. The van der Waals surface area contributed by atoms with E-state index in [1.165, 1.54) is 24.3 Å². The minimum absolute atomic E-state index is 0.0193. The van der Waals surface area contributed by atoms with Crippen LogP contribution in [-0.4, -0.2) is 43.9 Å². The van der Waals surface area contributed by atoms with Crippen molar-refractivity contribution in [2.45, 2.75) is 53.4 Å². The van der Waals surface area contributed by atoms with Crippen molar-refractivity contribution >= 4 is 12.2 Å². The second-order valence-corrected chi connectivity index (χ2v) is 11.9. The van der Waals surface area contributed by atoms with Crippen molar-refractivity contribution in [3.05, 3.63) is 71.8 Å². The monoisotopic (exact) mass is 546 g/mol. The van der Waals surface area contributed by atoms with Crippen LogP contribution in [-0.2, 0) is 0 Å². The fraction of sp³-hybridized carbons (Fsp3) is 0.353. The molecule has 3 aromatic carbocycles. The summed E-state index contributed by atoms with van der Waals surface area (Å²) >= 11 is 0. The predicted octanol–water partition coefficient (Wildman–Crippen LogP) is 7.47. The molecule has 40 heavy (non-hydrogen) atoms. The van der Waals surface area contributed by atoms with E-state index in [4.69, 9.17) is 0 Å². The Bertz CT molecular complexity index is 1260. The Kier molecular flexibility index (Phi) is 10.1. The average molecular weight is 547 g/mol. The second kappa shape index (κ2) is 13.1. The van der Waals surface area contributed by atoms with Crippen LogP contribution in [0.4, 0.5) is 0 Å². The first-order valence-corrected chi connectivity index (χ1v) is 13.6. The van der Waals surface area contributed by atoms with Gasteiger partial charge in [0.1, 0.15) is 23.0 Å². The topological polar surface area (TPSA) is 121 Å². The fourth-order valence-corrected chi connectivity index (χ4v) is 4.43. The number of phenolic OH excluding ortho intramolecular Hbond substituents is 4. The third-order valence-electron chi connectivity index (χ3n) is 7.18. The zero-order chi connectivity index (χ0) is 29.5. The molecule has 0 aliphatic carbocycles.